The van der Waals surface area contributed by atoms with E-state index >= 15 is 0 Å². The third-order valence-corrected chi connectivity index (χ3v) is 5.94. The zero-order chi connectivity index (χ0) is 23.1. The van der Waals surface area contributed by atoms with Crippen LogP contribution < -0.4 is 20.3 Å². The maximum absolute atomic E-state index is 13.4. The van der Waals surface area contributed by atoms with Gasteiger partial charge in [-0.15, -0.1) is 0 Å². The first-order chi connectivity index (χ1) is 15.9. The van der Waals surface area contributed by atoms with Gasteiger partial charge in [0.05, 0.1) is 29.4 Å². The predicted octanol–water partition coefficient (Wildman–Crippen LogP) is 2.96. The summed E-state index contributed by atoms with van der Waals surface area (Å²) in [5.41, 5.74) is 3.56. The fourth-order valence-corrected chi connectivity index (χ4v) is 4.63. The first-order valence-electron chi connectivity index (χ1n) is 11.0. The number of nitrogens with one attached hydrogen (secondary N) is 2. The summed E-state index contributed by atoms with van der Waals surface area (Å²) < 4.78 is 7.00. The number of methoxy groups -OCH3 is 1. The maximum atomic E-state index is 13.4. The lowest BCUT2D eigenvalue weighted by Crippen LogP contribution is -2.54. The number of aryl methyl sites for hydroxylation is 1. The molecule has 3 heterocycles. The third kappa shape index (κ3) is 3.95. The summed E-state index contributed by atoms with van der Waals surface area (Å²) in [5, 5.41) is 12.7. The lowest BCUT2D eigenvalue weighted by molar-refractivity contribution is 0.102. The summed E-state index contributed by atoms with van der Waals surface area (Å²) in [6.07, 6.45) is 3.64. The zero-order valence-corrected chi connectivity index (χ0v) is 19.2. The Morgan fingerprint density at radius 3 is 2.70 bits per heavy atom. The molecule has 0 bridgehead atoms. The van der Waals surface area contributed by atoms with E-state index in [1.165, 1.54) is 7.11 Å². The Labute approximate surface area is 191 Å². The Bertz CT molecular complexity index is 1340. The lowest BCUT2D eigenvalue weighted by Gasteiger charge is -2.38. The van der Waals surface area contributed by atoms with Gasteiger partial charge in [0, 0.05) is 61.1 Å². The van der Waals surface area contributed by atoms with Gasteiger partial charge in [-0.05, 0) is 38.1 Å². The van der Waals surface area contributed by atoms with Crippen molar-refractivity contribution in [3.63, 3.8) is 0 Å². The van der Waals surface area contributed by atoms with Crippen LogP contribution in [0.1, 0.15) is 24.2 Å². The average molecular weight is 446 g/mol. The van der Waals surface area contributed by atoms with Crippen molar-refractivity contribution < 1.29 is 9.53 Å². The number of benzene rings is 2. The molecule has 2 atom stereocenters. The summed E-state index contributed by atoms with van der Waals surface area (Å²) in [5.74, 6) is -0.245. The van der Waals surface area contributed by atoms with E-state index < -0.39 is 0 Å². The van der Waals surface area contributed by atoms with E-state index in [9.17, 15) is 4.79 Å². The van der Waals surface area contributed by atoms with Crippen molar-refractivity contribution >= 4 is 39.1 Å². The van der Waals surface area contributed by atoms with Crippen LogP contribution in [-0.4, -0.2) is 57.9 Å². The molecule has 170 valence electrons. The highest BCUT2D eigenvalue weighted by molar-refractivity contribution is 6.15. The van der Waals surface area contributed by atoms with Gasteiger partial charge in [0.1, 0.15) is 0 Å². The molecular weight excluding hydrogens is 418 g/mol. The van der Waals surface area contributed by atoms with Crippen LogP contribution >= 0.6 is 0 Å². The smallest absolute Gasteiger partial charge is 0.316 e. The lowest BCUT2D eigenvalue weighted by atomic mass is 10.0. The molecule has 5 rings (SSSR count). The fraction of sp³-hybridized carbons (Fsp3) is 0.333. The molecule has 0 unspecified atom stereocenters. The highest BCUT2D eigenvalue weighted by Gasteiger charge is 2.25. The third-order valence-electron chi connectivity index (χ3n) is 5.94. The normalized spacial score (nSPS) is 18.6. The molecule has 2 aromatic carbocycles. The van der Waals surface area contributed by atoms with Gasteiger partial charge in [0.15, 0.2) is 0 Å². The van der Waals surface area contributed by atoms with Crippen molar-refractivity contribution in [3.8, 4) is 6.01 Å². The molecule has 2 aromatic heterocycles. The molecule has 9 nitrogen and oxygen atoms in total. The monoisotopic (exact) mass is 445 g/mol. The minimum Gasteiger partial charge on any atom is -0.467 e. The largest absolute Gasteiger partial charge is 0.467 e. The van der Waals surface area contributed by atoms with Crippen LogP contribution in [0.3, 0.4) is 0 Å². The standard InChI is InChI=1S/C24H27N7O2/c1-14-11-31(12-15(2)26-14)21-9-8-16(22-17(21)10-25-24(28-22)33-4)23(32)27-19-6-5-7-20-18(19)13-30(3)29-20/h5-10,13-15,26H,11-12H2,1-4H3,(H,27,32)/t14-,15+. The molecule has 0 aliphatic carbocycles. The van der Waals surface area contributed by atoms with Crippen LogP contribution in [0.4, 0.5) is 11.4 Å². The van der Waals surface area contributed by atoms with Crippen LogP contribution in [0.15, 0.2) is 42.7 Å². The average Bonchev–Trinajstić information content (AvgIpc) is 3.18. The van der Waals surface area contributed by atoms with E-state index in [4.69, 9.17) is 4.74 Å². The van der Waals surface area contributed by atoms with Gasteiger partial charge >= 0.3 is 6.01 Å². The molecule has 1 amide bonds. The van der Waals surface area contributed by atoms with Crippen molar-refractivity contribution in [2.24, 2.45) is 7.05 Å². The molecule has 2 N–H and O–H groups in total. The SMILES string of the molecule is COc1ncc2c(N3C[C@@H](C)N[C@@H](C)C3)ccc(C(=O)Nc3cccc4nn(C)cc34)c2n1. The number of ether oxygens (including phenoxy) is 1. The number of piperazine rings is 1. The number of amides is 1. The molecule has 0 spiro atoms. The van der Waals surface area contributed by atoms with Crippen LogP contribution in [0.5, 0.6) is 6.01 Å². The van der Waals surface area contributed by atoms with Crippen molar-refractivity contribution in [1.82, 2.24) is 25.1 Å². The molecule has 1 aliphatic heterocycles. The van der Waals surface area contributed by atoms with Crippen LogP contribution in [0.25, 0.3) is 21.8 Å². The highest BCUT2D eigenvalue weighted by atomic mass is 16.5. The number of carbonyl (C=O) groups is 1. The first-order valence-corrected chi connectivity index (χ1v) is 11.0. The number of nitrogens with zero attached hydrogens (tertiary/aromatic N) is 5. The molecule has 0 radical (unpaired) electrons. The second kappa shape index (κ2) is 8.32. The summed E-state index contributed by atoms with van der Waals surface area (Å²) in [6, 6.07) is 10.4. The van der Waals surface area contributed by atoms with E-state index in [1.807, 2.05) is 43.6 Å². The van der Waals surface area contributed by atoms with Crippen molar-refractivity contribution in [3.05, 3.63) is 48.3 Å². The number of anilines is 2. The predicted molar refractivity (Wildman–Crippen MR) is 129 cm³/mol. The minimum absolute atomic E-state index is 0.227. The minimum atomic E-state index is -0.245. The Hall–Kier alpha value is -3.72. The summed E-state index contributed by atoms with van der Waals surface area (Å²) in [7, 11) is 3.38. The van der Waals surface area contributed by atoms with Crippen LogP contribution in [-0.2, 0) is 7.05 Å². The number of carbonyl (C=O) groups excluding carboxylic acids is 1. The van der Waals surface area contributed by atoms with Gasteiger partial charge in [0.2, 0.25) is 0 Å². The topological polar surface area (TPSA) is 97.2 Å². The van der Waals surface area contributed by atoms with Gasteiger partial charge in [-0.2, -0.15) is 10.1 Å². The summed E-state index contributed by atoms with van der Waals surface area (Å²) in [4.78, 5) is 24.6. The van der Waals surface area contributed by atoms with Crippen molar-refractivity contribution in [1.29, 1.82) is 0 Å². The van der Waals surface area contributed by atoms with E-state index in [0.717, 1.165) is 35.1 Å². The van der Waals surface area contributed by atoms with Gasteiger partial charge in [0.25, 0.3) is 5.91 Å². The van der Waals surface area contributed by atoms with Crippen molar-refractivity contribution in [2.75, 3.05) is 30.4 Å². The number of aromatic nitrogens is 4. The number of hydrogen-bond acceptors (Lipinski definition) is 7. The molecule has 1 fully saturated rings. The highest BCUT2D eigenvalue weighted by Crippen LogP contribution is 2.31. The molecule has 0 saturated carbocycles. The Kier molecular flexibility index (Phi) is 5.33. The Balaban J connectivity index is 1.57. The summed E-state index contributed by atoms with van der Waals surface area (Å²) in [6.45, 7) is 6.07. The number of rotatable bonds is 4. The maximum Gasteiger partial charge on any atom is 0.316 e. The fourth-order valence-electron chi connectivity index (χ4n) is 4.63. The van der Waals surface area contributed by atoms with Crippen LogP contribution in [0, 0.1) is 0 Å². The molecule has 9 heteroatoms. The van der Waals surface area contributed by atoms with Gasteiger partial charge in [-0.3, -0.25) is 9.48 Å². The van der Waals surface area contributed by atoms with Gasteiger partial charge in [-0.25, -0.2) is 4.98 Å². The molecule has 4 aromatic rings. The van der Waals surface area contributed by atoms with E-state index in [0.29, 0.717) is 28.9 Å². The molecule has 1 saturated heterocycles. The van der Waals surface area contributed by atoms with E-state index in [-0.39, 0.29) is 11.9 Å². The van der Waals surface area contributed by atoms with E-state index in [1.54, 1.807) is 10.9 Å². The molecular formula is C24H27N7O2. The zero-order valence-electron chi connectivity index (χ0n) is 19.2. The second-order valence-corrected chi connectivity index (χ2v) is 8.62. The Morgan fingerprint density at radius 2 is 1.94 bits per heavy atom. The summed E-state index contributed by atoms with van der Waals surface area (Å²) >= 11 is 0. The second-order valence-electron chi connectivity index (χ2n) is 8.62. The quantitative estimate of drug-likeness (QED) is 0.498. The Morgan fingerprint density at radius 1 is 1.15 bits per heavy atom. The van der Waals surface area contributed by atoms with Gasteiger partial charge in [-0.1, -0.05) is 6.07 Å². The van der Waals surface area contributed by atoms with Crippen molar-refractivity contribution in [2.45, 2.75) is 25.9 Å². The number of fused-ring (bicyclic) bond motifs is 2. The first kappa shape index (κ1) is 21.1. The molecule has 1 aliphatic rings. The number of hydrogen-bond donors (Lipinski definition) is 2. The van der Waals surface area contributed by atoms with Gasteiger partial charge < -0.3 is 20.3 Å². The van der Waals surface area contributed by atoms with E-state index in [2.05, 4.69) is 44.4 Å². The molecule has 33 heavy (non-hydrogen) atoms. The van der Waals surface area contributed by atoms with Crippen LogP contribution in [0.2, 0.25) is 0 Å².